The summed E-state index contributed by atoms with van der Waals surface area (Å²) in [7, 11) is -4.27. The maximum absolute atomic E-state index is 14.0. The molecule has 1 aliphatic carbocycles. The fourth-order valence-corrected chi connectivity index (χ4v) is 7.32. The van der Waals surface area contributed by atoms with Crippen LogP contribution in [0.5, 0.6) is 5.75 Å². The van der Waals surface area contributed by atoms with E-state index in [1.54, 1.807) is 18.2 Å². The minimum Gasteiger partial charge on any atom is -0.489 e. The Labute approximate surface area is 270 Å². The first-order valence-electron chi connectivity index (χ1n) is 15.4. The van der Waals surface area contributed by atoms with E-state index >= 15 is 0 Å². The van der Waals surface area contributed by atoms with Gasteiger partial charge in [0.25, 0.3) is 15.9 Å². The van der Waals surface area contributed by atoms with Crippen LogP contribution >= 0.6 is 0 Å². The molecule has 46 heavy (non-hydrogen) atoms. The Morgan fingerprint density at radius 3 is 2.17 bits per heavy atom. The van der Waals surface area contributed by atoms with Gasteiger partial charge < -0.3 is 10.1 Å². The van der Waals surface area contributed by atoms with E-state index < -0.39 is 33.3 Å². The third kappa shape index (κ3) is 6.90. The van der Waals surface area contributed by atoms with Crippen molar-refractivity contribution in [2.45, 2.75) is 35.9 Å². The highest BCUT2D eigenvalue weighted by Crippen LogP contribution is 2.46. The molecular weight excluding hydrogens is 598 g/mol. The number of ether oxygens (including phenoxy) is 1. The Morgan fingerprint density at radius 2 is 1.52 bits per heavy atom. The van der Waals surface area contributed by atoms with E-state index in [1.165, 1.54) is 12.1 Å². The molecule has 0 radical (unpaired) electrons. The standard InChI is InChI=1S/C37H37N3O5S/c1-2-30-22-37(30,36(42)39-46(43,44)32-20-12-19-31(21-32)45-26-28-15-8-4-9-16-28)38-35(41)34-25-40(23-27-13-6-3-7-14-27)24-33(34)29-17-10-5-11-18-29/h2-21,30,33-34H,1,22-26H2,(H,38,41)(H,39,42)/t30-,33+,34-,37-/m1/s1. The van der Waals surface area contributed by atoms with Crippen molar-refractivity contribution in [3.63, 3.8) is 0 Å². The Bertz CT molecular complexity index is 1800. The highest BCUT2D eigenvalue weighted by molar-refractivity contribution is 7.90. The van der Waals surface area contributed by atoms with E-state index in [9.17, 15) is 18.0 Å². The van der Waals surface area contributed by atoms with E-state index in [1.807, 2.05) is 78.9 Å². The molecule has 0 aromatic heterocycles. The van der Waals surface area contributed by atoms with Crippen LogP contribution in [0.4, 0.5) is 0 Å². The predicted molar refractivity (Wildman–Crippen MR) is 176 cm³/mol. The highest BCUT2D eigenvalue weighted by atomic mass is 32.2. The lowest BCUT2D eigenvalue weighted by Crippen LogP contribution is -2.53. The molecule has 1 saturated heterocycles. The zero-order valence-electron chi connectivity index (χ0n) is 25.4. The number of rotatable bonds is 12. The van der Waals surface area contributed by atoms with E-state index in [-0.39, 0.29) is 29.7 Å². The molecule has 0 bridgehead atoms. The number of carbonyl (C=O) groups is 2. The van der Waals surface area contributed by atoms with Gasteiger partial charge in [0.15, 0.2) is 0 Å². The summed E-state index contributed by atoms with van der Waals surface area (Å²) in [5.74, 6) is -1.63. The fraction of sp³-hybridized carbons (Fsp3) is 0.243. The van der Waals surface area contributed by atoms with Crippen molar-refractivity contribution in [3.05, 3.63) is 145 Å². The van der Waals surface area contributed by atoms with Crippen LogP contribution in [0.15, 0.2) is 133 Å². The molecule has 9 heteroatoms. The lowest BCUT2D eigenvalue weighted by atomic mass is 9.88. The smallest absolute Gasteiger partial charge is 0.264 e. The molecule has 0 unspecified atom stereocenters. The average Bonchev–Trinajstić information content (AvgIpc) is 3.64. The van der Waals surface area contributed by atoms with Gasteiger partial charge in [0, 0.05) is 37.5 Å². The minimum absolute atomic E-state index is 0.0895. The fourth-order valence-electron chi connectivity index (χ4n) is 6.25. The molecule has 4 aromatic rings. The van der Waals surface area contributed by atoms with Gasteiger partial charge in [-0.25, -0.2) is 13.1 Å². The normalized spacial score (nSPS) is 22.5. The summed E-state index contributed by atoms with van der Waals surface area (Å²) in [5.41, 5.74) is 1.73. The molecule has 2 aliphatic rings. The van der Waals surface area contributed by atoms with E-state index in [2.05, 4.69) is 33.7 Å². The van der Waals surface area contributed by atoms with Crippen molar-refractivity contribution in [1.82, 2.24) is 14.9 Å². The number of carbonyl (C=O) groups excluding carboxylic acids is 2. The lowest BCUT2D eigenvalue weighted by molar-refractivity contribution is -0.131. The largest absolute Gasteiger partial charge is 0.489 e. The Morgan fingerprint density at radius 1 is 0.870 bits per heavy atom. The molecule has 1 saturated carbocycles. The second-order valence-electron chi connectivity index (χ2n) is 12.0. The topological polar surface area (TPSA) is 105 Å². The third-order valence-corrected chi connectivity index (χ3v) is 10.2. The lowest BCUT2D eigenvalue weighted by Gasteiger charge is -2.24. The summed E-state index contributed by atoms with van der Waals surface area (Å²) in [6.45, 7) is 5.98. The summed E-state index contributed by atoms with van der Waals surface area (Å²) in [4.78, 5) is 29.8. The van der Waals surface area contributed by atoms with Crippen molar-refractivity contribution in [2.24, 2.45) is 11.8 Å². The van der Waals surface area contributed by atoms with Crippen LogP contribution in [-0.2, 0) is 32.8 Å². The van der Waals surface area contributed by atoms with E-state index in [0.717, 1.165) is 16.7 Å². The maximum Gasteiger partial charge on any atom is 0.264 e. The van der Waals surface area contributed by atoms with Gasteiger partial charge in [0.05, 0.1) is 10.8 Å². The number of hydrogen-bond donors (Lipinski definition) is 2. The third-order valence-electron chi connectivity index (χ3n) is 8.85. The number of amides is 2. The van der Waals surface area contributed by atoms with Crippen molar-refractivity contribution >= 4 is 21.8 Å². The SMILES string of the molecule is C=C[C@@H]1C[C@]1(NC(=O)[C@@H]1CN(Cc2ccccc2)C[C@H]1c1ccccc1)C(=O)NS(=O)(=O)c1cccc(OCc2ccccc2)c1. The quantitative estimate of drug-likeness (QED) is 0.211. The van der Waals surface area contributed by atoms with Gasteiger partial charge >= 0.3 is 0 Å². The summed E-state index contributed by atoms with van der Waals surface area (Å²) in [5, 5.41) is 2.98. The van der Waals surface area contributed by atoms with Gasteiger partial charge in [-0.15, -0.1) is 6.58 Å². The molecule has 1 heterocycles. The van der Waals surface area contributed by atoms with Crippen molar-refractivity contribution in [1.29, 1.82) is 0 Å². The average molecular weight is 636 g/mol. The van der Waals surface area contributed by atoms with E-state index in [4.69, 9.17) is 4.74 Å². The number of nitrogens with zero attached hydrogens (tertiary/aromatic N) is 1. The predicted octanol–water partition coefficient (Wildman–Crippen LogP) is 5.05. The second kappa shape index (κ2) is 13.3. The summed E-state index contributed by atoms with van der Waals surface area (Å²) >= 11 is 0. The monoisotopic (exact) mass is 635 g/mol. The van der Waals surface area contributed by atoms with Crippen LogP contribution in [-0.4, -0.2) is 43.8 Å². The molecule has 2 amide bonds. The van der Waals surface area contributed by atoms with Crippen LogP contribution in [0, 0.1) is 11.8 Å². The second-order valence-corrected chi connectivity index (χ2v) is 13.7. The summed E-state index contributed by atoms with van der Waals surface area (Å²) < 4.78 is 34.8. The van der Waals surface area contributed by atoms with Crippen molar-refractivity contribution in [3.8, 4) is 5.75 Å². The molecule has 0 spiro atoms. The first kappa shape index (κ1) is 31.3. The first-order valence-corrected chi connectivity index (χ1v) is 16.9. The van der Waals surface area contributed by atoms with Crippen molar-refractivity contribution < 1.29 is 22.7 Å². The van der Waals surface area contributed by atoms with Crippen LogP contribution < -0.4 is 14.8 Å². The highest BCUT2D eigenvalue weighted by Gasteiger charge is 2.61. The molecule has 2 N–H and O–H groups in total. The first-order chi connectivity index (χ1) is 22.3. The molecule has 2 fully saturated rings. The van der Waals surface area contributed by atoms with Crippen LogP contribution in [0.25, 0.3) is 0 Å². The Balaban J connectivity index is 1.17. The maximum atomic E-state index is 14.0. The summed E-state index contributed by atoms with van der Waals surface area (Å²) in [6, 6.07) is 35.5. The number of benzene rings is 4. The van der Waals surface area contributed by atoms with Crippen LogP contribution in [0.2, 0.25) is 0 Å². The Kier molecular flexibility index (Phi) is 9.05. The number of sulfonamides is 1. The molecular formula is C37H37N3O5S. The van der Waals surface area contributed by atoms with Gasteiger partial charge in [-0.05, 0) is 35.2 Å². The van der Waals surface area contributed by atoms with Gasteiger partial charge in [0.2, 0.25) is 5.91 Å². The molecule has 236 valence electrons. The molecule has 8 nitrogen and oxygen atoms in total. The number of likely N-dealkylation sites (tertiary alicyclic amines) is 1. The molecule has 6 rings (SSSR count). The van der Waals surface area contributed by atoms with E-state index in [0.29, 0.717) is 25.4 Å². The van der Waals surface area contributed by atoms with Crippen molar-refractivity contribution in [2.75, 3.05) is 13.1 Å². The van der Waals surface area contributed by atoms with Gasteiger partial charge in [0.1, 0.15) is 17.9 Å². The molecule has 1 aliphatic heterocycles. The molecule has 4 atom stereocenters. The number of hydrogen-bond acceptors (Lipinski definition) is 6. The number of nitrogens with one attached hydrogen (secondary N) is 2. The van der Waals surface area contributed by atoms with Gasteiger partial charge in [-0.3, -0.25) is 14.5 Å². The van der Waals surface area contributed by atoms with Crippen LogP contribution in [0.3, 0.4) is 0 Å². The zero-order chi connectivity index (χ0) is 32.1. The Hall–Kier alpha value is -4.73. The summed E-state index contributed by atoms with van der Waals surface area (Å²) in [6.07, 6.45) is 1.86. The van der Waals surface area contributed by atoms with Gasteiger partial charge in [-0.1, -0.05) is 103 Å². The minimum atomic E-state index is -4.27. The zero-order valence-corrected chi connectivity index (χ0v) is 26.2. The van der Waals surface area contributed by atoms with Crippen LogP contribution in [0.1, 0.15) is 29.0 Å². The molecule has 4 aromatic carbocycles. The van der Waals surface area contributed by atoms with Gasteiger partial charge in [-0.2, -0.15) is 0 Å².